The molecule has 5 N–H and O–H groups in total. The normalized spacial score (nSPS) is 12.5. The quantitative estimate of drug-likeness (QED) is 0.402. The molecule has 0 radical (unpaired) electrons. The van der Waals surface area contributed by atoms with Crippen molar-refractivity contribution in [3.05, 3.63) is 18.1 Å². The van der Waals surface area contributed by atoms with Crippen LogP contribution in [0.2, 0.25) is 0 Å². The Morgan fingerprint density at radius 1 is 1.29 bits per heavy atom. The van der Waals surface area contributed by atoms with Crippen molar-refractivity contribution in [1.82, 2.24) is 9.97 Å². The van der Waals surface area contributed by atoms with E-state index in [1.54, 1.807) is 0 Å². The molecule has 9 heteroatoms. The Balaban J connectivity index is 2.52. The first-order chi connectivity index (χ1) is 9.90. The van der Waals surface area contributed by atoms with E-state index in [9.17, 15) is 13.2 Å². The maximum absolute atomic E-state index is 12.0. The summed E-state index contributed by atoms with van der Waals surface area (Å²) in [4.78, 5) is 11.4. The predicted octanol–water partition coefficient (Wildman–Crippen LogP) is 1.44. The van der Waals surface area contributed by atoms with Gasteiger partial charge in [-0.3, -0.25) is 0 Å². The highest BCUT2D eigenvalue weighted by Crippen LogP contribution is 2.14. The monoisotopic (exact) mass is 304 g/mol. The van der Waals surface area contributed by atoms with Gasteiger partial charge in [-0.05, 0) is 25.5 Å². The smallest absolute Gasteiger partial charge is 0.370 e. The number of nitrogens with one attached hydrogen (secondary N) is 1. The van der Waals surface area contributed by atoms with E-state index in [0.29, 0.717) is 24.6 Å². The molecule has 0 aromatic carbocycles. The molecule has 0 unspecified atom stereocenters. The molecule has 0 saturated heterocycles. The second kappa shape index (κ2) is 8.40. The highest BCUT2D eigenvalue weighted by molar-refractivity contribution is 5.91. The van der Waals surface area contributed by atoms with Crippen LogP contribution in [0.3, 0.4) is 0 Å². The highest BCUT2D eigenvalue weighted by atomic mass is 19.4. The molecule has 0 spiro atoms. The van der Waals surface area contributed by atoms with Crippen LogP contribution in [-0.4, -0.2) is 35.2 Å². The Hall–Kier alpha value is -1.90. The molecule has 1 aromatic heterocycles. The second-order valence-corrected chi connectivity index (χ2v) is 4.40. The molecule has 0 atom stereocenters. The molecule has 0 aliphatic heterocycles. The van der Waals surface area contributed by atoms with Gasteiger partial charge in [0.2, 0.25) is 0 Å². The van der Waals surface area contributed by atoms with Crippen LogP contribution >= 0.6 is 0 Å². The maximum atomic E-state index is 12.0. The number of rotatable bonds is 7. The van der Waals surface area contributed by atoms with E-state index in [-0.39, 0.29) is 5.96 Å². The molecular weight excluding hydrogens is 285 g/mol. The van der Waals surface area contributed by atoms with Gasteiger partial charge in [-0.2, -0.15) is 13.2 Å². The standard InChI is InChI=1S/C12H19F3N6/c13-12(14,15)8-19-11(17)21-10-5-7-18-9(20-10)4-2-1-3-6-16/h5,7H,1-4,6,8,16H2,(H3,17,18,19,20,21). The number of anilines is 1. The number of aliphatic imine (C=N–C) groups is 1. The summed E-state index contributed by atoms with van der Waals surface area (Å²) in [6, 6.07) is 1.51. The highest BCUT2D eigenvalue weighted by Gasteiger charge is 2.26. The molecule has 0 fully saturated rings. The Bertz CT molecular complexity index is 461. The summed E-state index contributed by atoms with van der Waals surface area (Å²) < 4.78 is 36.0. The van der Waals surface area contributed by atoms with Crippen LogP contribution < -0.4 is 16.8 Å². The predicted molar refractivity (Wildman–Crippen MR) is 74.8 cm³/mol. The van der Waals surface area contributed by atoms with Gasteiger partial charge in [-0.25, -0.2) is 15.0 Å². The van der Waals surface area contributed by atoms with Crippen LogP contribution in [0.15, 0.2) is 17.3 Å². The SMILES string of the molecule is NCCCCCc1nccc(NC(N)=NCC(F)(F)F)n1. The number of hydrogen-bond donors (Lipinski definition) is 3. The molecule has 6 nitrogen and oxygen atoms in total. The second-order valence-electron chi connectivity index (χ2n) is 4.40. The van der Waals surface area contributed by atoms with Gasteiger partial charge < -0.3 is 16.8 Å². The van der Waals surface area contributed by atoms with Crippen molar-refractivity contribution in [1.29, 1.82) is 0 Å². The van der Waals surface area contributed by atoms with Crippen molar-refractivity contribution in [2.24, 2.45) is 16.5 Å². The number of nitrogens with zero attached hydrogens (tertiary/aromatic N) is 3. The van der Waals surface area contributed by atoms with Crippen molar-refractivity contribution in [2.75, 3.05) is 18.4 Å². The van der Waals surface area contributed by atoms with Crippen LogP contribution in [0, 0.1) is 0 Å². The molecule has 1 rings (SSSR count). The number of nitrogens with two attached hydrogens (primary N) is 2. The summed E-state index contributed by atoms with van der Waals surface area (Å²) in [7, 11) is 0. The topological polar surface area (TPSA) is 102 Å². The molecule has 21 heavy (non-hydrogen) atoms. The molecule has 0 aliphatic rings. The van der Waals surface area contributed by atoms with Gasteiger partial charge in [0.05, 0.1) is 0 Å². The van der Waals surface area contributed by atoms with E-state index >= 15 is 0 Å². The Morgan fingerprint density at radius 3 is 2.71 bits per heavy atom. The third-order valence-electron chi connectivity index (χ3n) is 2.49. The van der Waals surface area contributed by atoms with Crippen LogP contribution in [-0.2, 0) is 6.42 Å². The summed E-state index contributed by atoms with van der Waals surface area (Å²) in [6.45, 7) is -0.683. The Kier molecular flexibility index (Phi) is 6.86. The lowest BCUT2D eigenvalue weighted by atomic mass is 10.2. The maximum Gasteiger partial charge on any atom is 0.408 e. The Morgan fingerprint density at radius 2 is 2.05 bits per heavy atom. The zero-order valence-electron chi connectivity index (χ0n) is 11.5. The van der Waals surface area contributed by atoms with E-state index in [2.05, 4.69) is 20.3 Å². The summed E-state index contributed by atoms with van der Waals surface area (Å²) in [6.07, 6.45) is 0.631. The lowest BCUT2D eigenvalue weighted by Crippen LogP contribution is -2.26. The number of alkyl halides is 3. The largest absolute Gasteiger partial charge is 0.408 e. The van der Waals surface area contributed by atoms with Crippen LogP contribution in [0.25, 0.3) is 0 Å². The minimum Gasteiger partial charge on any atom is -0.370 e. The number of halogens is 3. The number of aryl methyl sites for hydroxylation is 1. The molecule has 1 aromatic rings. The van der Waals surface area contributed by atoms with Crippen molar-refractivity contribution < 1.29 is 13.2 Å². The van der Waals surface area contributed by atoms with Crippen molar-refractivity contribution >= 4 is 11.8 Å². The number of aromatic nitrogens is 2. The minimum atomic E-state index is -4.38. The average molecular weight is 304 g/mol. The van der Waals surface area contributed by atoms with Crippen molar-refractivity contribution in [2.45, 2.75) is 31.9 Å². The van der Waals surface area contributed by atoms with Crippen LogP contribution in [0.4, 0.5) is 19.0 Å². The van der Waals surface area contributed by atoms with E-state index in [4.69, 9.17) is 11.5 Å². The van der Waals surface area contributed by atoms with E-state index < -0.39 is 12.7 Å². The fraction of sp³-hybridized carbons (Fsp3) is 0.583. The van der Waals surface area contributed by atoms with Gasteiger partial charge in [-0.15, -0.1) is 0 Å². The molecular formula is C12H19F3N6. The van der Waals surface area contributed by atoms with Crippen molar-refractivity contribution in [3.63, 3.8) is 0 Å². The number of guanidine groups is 1. The third-order valence-corrected chi connectivity index (χ3v) is 2.49. The van der Waals surface area contributed by atoms with Gasteiger partial charge >= 0.3 is 6.18 Å². The van der Waals surface area contributed by atoms with Gasteiger partial charge in [0.25, 0.3) is 0 Å². The first-order valence-electron chi connectivity index (χ1n) is 6.56. The molecule has 0 saturated carbocycles. The molecule has 0 bridgehead atoms. The molecule has 1 heterocycles. The number of unbranched alkanes of at least 4 members (excludes halogenated alkanes) is 2. The van der Waals surface area contributed by atoms with Crippen molar-refractivity contribution in [3.8, 4) is 0 Å². The fourth-order valence-electron chi connectivity index (χ4n) is 1.54. The Labute approximate surface area is 120 Å². The zero-order valence-corrected chi connectivity index (χ0v) is 11.5. The van der Waals surface area contributed by atoms with E-state index in [0.717, 1.165) is 19.3 Å². The lowest BCUT2D eigenvalue weighted by Gasteiger charge is -2.07. The molecule has 118 valence electrons. The summed E-state index contributed by atoms with van der Waals surface area (Å²) in [5, 5.41) is 2.51. The first kappa shape index (κ1) is 17.2. The van der Waals surface area contributed by atoms with Crippen LogP contribution in [0.5, 0.6) is 0 Å². The average Bonchev–Trinajstić information content (AvgIpc) is 2.41. The number of hydrogen-bond acceptors (Lipinski definition) is 4. The minimum absolute atomic E-state index is 0.322. The van der Waals surface area contributed by atoms with Gasteiger partial charge in [0, 0.05) is 12.6 Å². The van der Waals surface area contributed by atoms with Gasteiger partial charge in [0.1, 0.15) is 18.2 Å². The zero-order chi connectivity index (χ0) is 15.7. The summed E-state index contributed by atoms with van der Waals surface area (Å²) in [5.74, 6) is 0.586. The van der Waals surface area contributed by atoms with E-state index in [1.165, 1.54) is 12.3 Å². The van der Waals surface area contributed by atoms with Crippen LogP contribution in [0.1, 0.15) is 25.1 Å². The van der Waals surface area contributed by atoms with Gasteiger partial charge in [0.15, 0.2) is 5.96 Å². The summed E-state index contributed by atoms with van der Waals surface area (Å²) in [5.41, 5.74) is 10.8. The summed E-state index contributed by atoms with van der Waals surface area (Å²) >= 11 is 0. The molecule has 0 aliphatic carbocycles. The first-order valence-corrected chi connectivity index (χ1v) is 6.56. The van der Waals surface area contributed by atoms with E-state index in [1.807, 2.05) is 0 Å². The fourth-order valence-corrected chi connectivity index (χ4v) is 1.54. The third kappa shape index (κ3) is 8.08. The van der Waals surface area contributed by atoms with Gasteiger partial charge in [-0.1, -0.05) is 6.42 Å². The lowest BCUT2D eigenvalue weighted by molar-refractivity contribution is -0.118. The molecule has 0 amide bonds.